The monoisotopic (exact) mass is 241 g/mol. The van der Waals surface area contributed by atoms with Gasteiger partial charge >= 0.3 is 0 Å². The molecule has 2 rings (SSSR count). The summed E-state index contributed by atoms with van der Waals surface area (Å²) in [6, 6.07) is 0.742. The van der Waals surface area contributed by atoms with Crippen molar-refractivity contribution >= 4 is 0 Å². The smallest absolute Gasteiger partial charge is 0.0685 e. The van der Waals surface area contributed by atoms with E-state index in [9.17, 15) is 5.11 Å². The molecule has 1 heterocycles. The fourth-order valence-corrected chi connectivity index (χ4v) is 3.68. The summed E-state index contributed by atoms with van der Waals surface area (Å²) in [4.78, 5) is 0. The number of ether oxygens (including phenoxy) is 1. The van der Waals surface area contributed by atoms with Crippen LogP contribution in [0, 0.1) is 17.3 Å². The second kappa shape index (κ2) is 4.87. The lowest BCUT2D eigenvalue weighted by Crippen LogP contribution is -2.67. The van der Waals surface area contributed by atoms with E-state index in [0.29, 0.717) is 24.0 Å². The fourth-order valence-electron chi connectivity index (χ4n) is 3.68. The van der Waals surface area contributed by atoms with Crippen LogP contribution in [0.3, 0.4) is 0 Å². The van der Waals surface area contributed by atoms with E-state index in [1.165, 1.54) is 6.42 Å². The van der Waals surface area contributed by atoms with E-state index >= 15 is 0 Å². The van der Waals surface area contributed by atoms with Gasteiger partial charge in [0.05, 0.1) is 12.7 Å². The molecule has 0 spiro atoms. The Morgan fingerprint density at radius 2 is 2.12 bits per heavy atom. The van der Waals surface area contributed by atoms with Gasteiger partial charge in [-0.3, -0.25) is 0 Å². The average molecular weight is 241 g/mol. The molecule has 3 nitrogen and oxygen atoms in total. The predicted octanol–water partition coefficient (Wildman–Crippen LogP) is 1.80. The number of aliphatic hydroxyl groups excluding tert-OH is 1. The van der Waals surface area contributed by atoms with Crippen LogP contribution in [-0.4, -0.2) is 36.5 Å². The molecule has 0 aromatic rings. The zero-order chi connectivity index (χ0) is 12.6. The highest BCUT2D eigenvalue weighted by Crippen LogP contribution is 2.52. The Balaban J connectivity index is 1.93. The van der Waals surface area contributed by atoms with Gasteiger partial charge in [0.15, 0.2) is 0 Å². The molecule has 2 aliphatic rings. The molecule has 4 atom stereocenters. The van der Waals surface area contributed by atoms with Crippen LogP contribution in [0.15, 0.2) is 0 Å². The highest BCUT2D eigenvalue weighted by molar-refractivity contribution is 5.11. The van der Waals surface area contributed by atoms with E-state index in [-0.39, 0.29) is 18.1 Å². The lowest BCUT2D eigenvalue weighted by Gasteiger charge is -2.56. The van der Waals surface area contributed by atoms with Crippen molar-refractivity contribution in [3.05, 3.63) is 0 Å². The Morgan fingerprint density at radius 3 is 2.71 bits per heavy atom. The van der Waals surface area contributed by atoms with Crippen LogP contribution in [-0.2, 0) is 4.74 Å². The molecular formula is C14H27NO2. The molecule has 2 fully saturated rings. The van der Waals surface area contributed by atoms with Crippen molar-refractivity contribution in [2.24, 2.45) is 17.3 Å². The van der Waals surface area contributed by atoms with Crippen molar-refractivity contribution < 1.29 is 9.84 Å². The van der Waals surface area contributed by atoms with Gasteiger partial charge in [0, 0.05) is 30.0 Å². The quantitative estimate of drug-likeness (QED) is 0.771. The van der Waals surface area contributed by atoms with E-state index in [1.807, 2.05) is 0 Å². The zero-order valence-electron chi connectivity index (χ0n) is 11.6. The molecule has 0 amide bonds. The van der Waals surface area contributed by atoms with Crippen LogP contribution < -0.4 is 5.32 Å². The standard InChI is InChI=1S/C14H27NO2/c1-9(2)7-10(8-16)15-12-11-5-6-17-13(11)14(12,3)4/h9-13,15-16H,5-8H2,1-4H3. The first-order valence-electron chi connectivity index (χ1n) is 6.95. The third kappa shape index (κ3) is 2.38. The lowest BCUT2D eigenvalue weighted by atomic mass is 9.57. The first-order chi connectivity index (χ1) is 7.96. The second-order valence-corrected chi connectivity index (χ2v) is 6.72. The molecule has 0 bridgehead atoms. The summed E-state index contributed by atoms with van der Waals surface area (Å²) >= 11 is 0. The Morgan fingerprint density at radius 1 is 1.41 bits per heavy atom. The zero-order valence-corrected chi connectivity index (χ0v) is 11.6. The number of nitrogens with one attached hydrogen (secondary N) is 1. The summed E-state index contributed by atoms with van der Waals surface area (Å²) in [5.41, 5.74) is 0.214. The molecule has 2 N–H and O–H groups in total. The van der Waals surface area contributed by atoms with Gasteiger partial charge < -0.3 is 15.2 Å². The van der Waals surface area contributed by atoms with E-state index in [1.54, 1.807) is 0 Å². The van der Waals surface area contributed by atoms with Crippen molar-refractivity contribution in [2.75, 3.05) is 13.2 Å². The lowest BCUT2D eigenvalue weighted by molar-refractivity contribution is -0.117. The van der Waals surface area contributed by atoms with Crippen LogP contribution in [0.5, 0.6) is 0 Å². The van der Waals surface area contributed by atoms with Gasteiger partial charge in [-0.05, 0) is 18.8 Å². The van der Waals surface area contributed by atoms with E-state index in [0.717, 1.165) is 13.0 Å². The minimum Gasteiger partial charge on any atom is -0.395 e. The number of rotatable bonds is 5. The average Bonchev–Trinajstić information content (AvgIpc) is 2.69. The number of fused-ring (bicyclic) bond motifs is 1. The normalized spacial score (nSPS) is 36.7. The number of hydrogen-bond acceptors (Lipinski definition) is 3. The summed E-state index contributed by atoms with van der Waals surface area (Å²) in [7, 11) is 0. The molecule has 1 saturated carbocycles. The third-order valence-electron chi connectivity index (χ3n) is 4.49. The van der Waals surface area contributed by atoms with Gasteiger partial charge in [-0.15, -0.1) is 0 Å². The molecule has 1 aliphatic heterocycles. The maximum absolute atomic E-state index is 9.46. The van der Waals surface area contributed by atoms with Crippen molar-refractivity contribution in [3.63, 3.8) is 0 Å². The highest BCUT2D eigenvalue weighted by atomic mass is 16.5. The molecule has 3 heteroatoms. The molecule has 0 radical (unpaired) electrons. The largest absolute Gasteiger partial charge is 0.395 e. The predicted molar refractivity (Wildman–Crippen MR) is 68.9 cm³/mol. The Kier molecular flexibility index (Phi) is 3.81. The van der Waals surface area contributed by atoms with Crippen LogP contribution >= 0.6 is 0 Å². The van der Waals surface area contributed by atoms with Gasteiger partial charge in [-0.2, -0.15) is 0 Å². The van der Waals surface area contributed by atoms with Gasteiger partial charge in [-0.1, -0.05) is 27.7 Å². The van der Waals surface area contributed by atoms with Gasteiger partial charge in [0.1, 0.15) is 0 Å². The minimum absolute atomic E-state index is 0.214. The number of hydrogen-bond donors (Lipinski definition) is 2. The Hall–Kier alpha value is -0.120. The van der Waals surface area contributed by atoms with Gasteiger partial charge in [0.2, 0.25) is 0 Å². The topological polar surface area (TPSA) is 41.5 Å². The molecule has 100 valence electrons. The SMILES string of the molecule is CC(C)CC(CO)NC1C2CCOC2C1(C)C. The second-order valence-electron chi connectivity index (χ2n) is 6.72. The summed E-state index contributed by atoms with van der Waals surface area (Å²) in [5.74, 6) is 1.28. The van der Waals surface area contributed by atoms with Gasteiger partial charge in [-0.25, -0.2) is 0 Å². The van der Waals surface area contributed by atoms with Crippen LogP contribution in [0.1, 0.15) is 40.5 Å². The third-order valence-corrected chi connectivity index (χ3v) is 4.49. The minimum atomic E-state index is 0.214. The van der Waals surface area contributed by atoms with Crippen molar-refractivity contribution in [1.29, 1.82) is 0 Å². The molecule has 4 unspecified atom stereocenters. The maximum atomic E-state index is 9.46. The Bertz CT molecular complexity index is 265. The van der Waals surface area contributed by atoms with Crippen molar-refractivity contribution in [3.8, 4) is 0 Å². The molecule has 1 saturated heterocycles. The molecular weight excluding hydrogens is 214 g/mol. The fraction of sp³-hybridized carbons (Fsp3) is 1.00. The molecule has 1 aliphatic carbocycles. The molecule has 0 aromatic heterocycles. The summed E-state index contributed by atoms with van der Waals surface area (Å²) in [5, 5.41) is 13.1. The molecule has 17 heavy (non-hydrogen) atoms. The first-order valence-corrected chi connectivity index (χ1v) is 6.95. The number of aliphatic hydroxyl groups is 1. The van der Waals surface area contributed by atoms with Crippen molar-refractivity contribution in [1.82, 2.24) is 5.32 Å². The summed E-state index contributed by atoms with van der Waals surface area (Å²) in [6.45, 7) is 10.1. The van der Waals surface area contributed by atoms with Crippen LogP contribution in [0.25, 0.3) is 0 Å². The summed E-state index contributed by atoms with van der Waals surface area (Å²) in [6.07, 6.45) is 2.64. The maximum Gasteiger partial charge on any atom is 0.0685 e. The van der Waals surface area contributed by atoms with Crippen molar-refractivity contribution in [2.45, 2.75) is 58.7 Å². The van der Waals surface area contributed by atoms with Crippen LogP contribution in [0.2, 0.25) is 0 Å². The first kappa shape index (κ1) is 13.3. The summed E-state index contributed by atoms with van der Waals surface area (Å²) < 4.78 is 5.79. The molecule has 0 aromatic carbocycles. The van der Waals surface area contributed by atoms with E-state index < -0.39 is 0 Å². The van der Waals surface area contributed by atoms with E-state index in [2.05, 4.69) is 33.0 Å². The van der Waals surface area contributed by atoms with Gasteiger partial charge in [0.25, 0.3) is 0 Å². The van der Waals surface area contributed by atoms with Crippen LogP contribution in [0.4, 0.5) is 0 Å². The highest BCUT2D eigenvalue weighted by Gasteiger charge is 2.59. The Labute approximate surface area is 105 Å². The van der Waals surface area contributed by atoms with E-state index in [4.69, 9.17) is 4.74 Å².